The molecule has 2 heterocycles. The Bertz CT molecular complexity index is 857. The molecule has 0 saturated heterocycles. The van der Waals surface area contributed by atoms with Crippen molar-refractivity contribution in [2.75, 3.05) is 0 Å². The van der Waals surface area contributed by atoms with Crippen LogP contribution in [0.5, 0.6) is 0 Å². The Balaban J connectivity index is 1.50. The van der Waals surface area contributed by atoms with Crippen LogP contribution in [-0.4, -0.2) is 21.8 Å². The van der Waals surface area contributed by atoms with Gasteiger partial charge in [0.25, 0.3) is 11.8 Å². The normalized spacial score (nSPS) is 10.4. The molecule has 0 aliphatic carbocycles. The number of aryl methyl sites for hydroxylation is 1. The fourth-order valence-electron chi connectivity index (χ4n) is 2.06. The number of aromatic amines is 1. The number of carbonyl (C=O) groups excluding carboxylic acids is 2. The van der Waals surface area contributed by atoms with E-state index in [1.54, 1.807) is 53.6 Å². The smallest absolute Gasteiger partial charge is 0.286 e. The van der Waals surface area contributed by atoms with Crippen LogP contribution < -0.4 is 10.9 Å². The zero-order valence-corrected chi connectivity index (χ0v) is 15.0. The van der Waals surface area contributed by atoms with Gasteiger partial charge in [-0.3, -0.25) is 20.4 Å². The molecule has 0 spiro atoms. The van der Waals surface area contributed by atoms with E-state index in [2.05, 4.69) is 26.2 Å². The molecule has 2 aromatic heterocycles. The van der Waals surface area contributed by atoms with Gasteiger partial charge < -0.3 is 4.98 Å². The van der Waals surface area contributed by atoms with Gasteiger partial charge in [0.15, 0.2) is 0 Å². The number of H-pyrrole nitrogens is 1. The standard InChI is InChI=1S/C17H16N4O2S2/c1-11-19-13(9-24-11)10-25-14-6-4-12(5-7-14)16(22)20-21-17(23)15-3-2-8-18-15/h2-9,18H,10H2,1H3,(H,20,22)(H,21,23). The Hall–Kier alpha value is -2.58. The molecule has 128 valence electrons. The van der Waals surface area contributed by atoms with Crippen molar-refractivity contribution in [3.8, 4) is 0 Å². The number of hydrogen-bond acceptors (Lipinski definition) is 5. The molecule has 8 heteroatoms. The van der Waals surface area contributed by atoms with Gasteiger partial charge in [-0.15, -0.1) is 23.1 Å². The first-order valence-electron chi connectivity index (χ1n) is 7.50. The van der Waals surface area contributed by atoms with Crippen molar-refractivity contribution in [1.82, 2.24) is 20.8 Å². The Morgan fingerprint density at radius 1 is 1.16 bits per heavy atom. The Kier molecular flexibility index (Phi) is 5.52. The molecule has 3 rings (SSSR count). The van der Waals surface area contributed by atoms with E-state index in [-0.39, 0.29) is 5.91 Å². The third-order valence-corrected chi connectivity index (χ3v) is 5.17. The second-order valence-electron chi connectivity index (χ2n) is 5.16. The summed E-state index contributed by atoms with van der Waals surface area (Å²) in [6, 6.07) is 10.5. The molecule has 1 aromatic carbocycles. The van der Waals surface area contributed by atoms with Crippen molar-refractivity contribution in [2.45, 2.75) is 17.6 Å². The number of nitrogens with one attached hydrogen (secondary N) is 3. The lowest BCUT2D eigenvalue weighted by Gasteiger charge is -2.07. The lowest BCUT2D eigenvalue weighted by Crippen LogP contribution is -2.41. The topological polar surface area (TPSA) is 86.9 Å². The van der Waals surface area contributed by atoms with Crippen LogP contribution in [0.25, 0.3) is 0 Å². The predicted molar refractivity (Wildman–Crippen MR) is 98.6 cm³/mol. The van der Waals surface area contributed by atoms with Crippen LogP contribution in [0, 0.1) is 6.92 Å². The summed E-state index contributed by atoms with van der Waals surface area (Å²) >= 11 is 3.30. The van der Waals surface area contributed by atoms with Crippen LogP contribution in [-0.2, 0) is 5.75 Å². The first kappa shape index (κ1) is 17.2. The lowest BCUT2D eigenvalue weighted by molar-refractivity contribution is 0.0844. The highest BCUT2D eigenvalue weighted by Gasteiger charge is 2.09. The monoisotopic (exact) mass is 372 g/mol. The maximum Gasteiger partial charge on any atom is 0.286 e. The fraction of sp³-hybridized carbons (Fsp3) is 0.118. The highest BCUT2D eigenvalue weighted by atomic mass is 32.2. The minimum absolute atomic E-state index is 0.369. The molecule has 6 nitrogen and oxygen atoms in total. The zero-order valence-electron chi connectivity index (χ0n) is 13.4. The van der Waals surface area contributed by atoms with E-state index in [9.17, 15) is 9.59 Å². The molecule has 0 aliphatic rings. The molecule has 3 aromatic rings. The summed E-state index contributed by atoms with van der Waals surface area (Å²) in [5.74, 6) is 0.0258. The molecular weight excluding hydrogens is 356 g/mol. The number of carbonyl (C=O) groups is 2. The number of amides is 2. The van der Waals surface area contributed by atoms with E-state index in [0.717, 1.165) is 21.3 Å². The predicted octanol–water partition coefficient (Wildman–Crippen LogP) is 3.15. The minimum Gasteiger partial charge on any atom is -0.357 e. The average molecular weight is 372 g/mol. The van der Waals surface area contributed by atoms with E-state index < -0.39 is 5.91 Å². The number of benzene rings is 1. The largest absolute Gasteiger partial charge is 0.357 e. The molecule has 0 atom stereocenters. The molecule has 0 saturated carbocycles. The van der Waals surface area contributed by atoms with Crippen molar-refractivity contribution in [3.05, 3.63) is 69.9 Å². The van der Waals surface area contributed by atoms with Gasteiger partial charge >= 0.3 is 0 Å². The Morgan fingerprint density at radius 2 is 1.92 bits per heavy atom. The van der Waals surface area contributed by atoms with E-state index in [4.69, 9.17) is 0 Å². The van der Waals surface area contributed by atoms with Gasteiger partial charge in [-0.25, -0.2) is 4.98 Å². The summed E-state index contributed by atoms with van der Waals surface area (Å²) in [6.07, 6.45) is 1.64. The second kappa shape index (κ2) is 8.00. The fourth-order valence-corrected chi connectivity index (χ4v) is 3.57. The summed E-state index contributed by atoms with van der Waals surface area (Å²) in [5.41, 5.74) is 6.67. The van der Waals surface area contributed by atoms with Crippen LogP contribution in [0.15, 0.2) is 52.9 Å². The van der Waals surface area contributed by atoms with Crippen LogP contribution >= 0.6 is 23.1 Å². The van der Waals surface area contributed by atoms with Gasteiger partial charge in [0.2, 0.25) is 0 Å². The number of thiazole rings is 1. The van der Waals surface area contributed by atoms with E-state index in [0.29, 0.717) is 11.3 Å². The zero-order chi connectivity index (χ0) is 17.6. The molecule has 2 amide bonds. The van der Waals surface area contributed by atoms with Gasteiger partial charge in [-0.2, -0.15) is 0 Å². The van der Waals surface area contributed by atoms with E-state index in [1.807, 2.05) is 19.1 Å². The molecule has 0 radical (unpaired) electrons. The summed E-state index contributed by atoms with van der Waals surface area (Å²) in [4.78, 5) is 32.1. The highest BCUT2D eigenvalue weighted by Crippen LogP contribution is 2.23. The number of hydrazine groups is 1. The van der Waals surface area contributed by atoms with Crippen molar-refractivity contribution in [3.63, 3.8) is 0 Å². The minimum atomic E-state index is -0.399. The van der Waals surface area contributed by atoms with Gasteiger partial charge in [0, 0.05) is 27.8 Å². The van der Waals surface area contributed by atoms with Gasteiger partial charge in [-0.1, -0.05) is 0 Å². The summed E-state index contributed by atoms with van der Waals surface area (Å²) in [5, 5.41) is 3.11. The quantitative estimate of drug-likeness (QED) is 0.474. The lowest BCUT2D eigenvalue weighted by atomic mass is 10.2. The van der Waals surface area contributed by atoms with E-state index in [1.165, 1.54) is 0 Å². The van der Waals surface area contributed by atoms with Crippen LogP contribution in [0.3, 0.4) is 0 Å². The number of aromatic nitrogens is 2. The third kappa shape index (κ3) is 4.71. The molecular formula is C17H16N4O2S2. The molecule has 3 N–H and O–H groups in total. The first-order valence-corrected chi connectivity index (χ1v) is 9.36. The van der Waals surface area contributed by atoms with Crippen LogP contribution in [0.4, 0.5) is 0 Å². The van der Waals surface area contributed by atoms with Crippen molar-refractivity contribution < 1.29 is 9.59 Å². The average Bonchev–Trinajstić information content (AvgIpc) is 3.30. The van der Waals surface area contributed by atoms with Gasteiger partial charge in [0.05, 0.1) is 10.7 Å². The summed E-state index contributed by atoms with van der Waals surface area (Å²) in [6.45, 7) is 1.99. The summed E-state index contributed by atoms with van der Waals surface area (Å²) < 4.78 is 0. The highest BCUT2D eigenvalue weighted by molar-refractivity contribution is 7.98. The third-order valence-electron chi connectivity index (χ3n) is 3.30. The molecule has 0 unspecified atom stereocenters. The van der Waals surface area contributed by atoms with E-state index >= 15 is 0 Å². The van der Waals surface area contributed by atoms with Gasteiger partial charge in [0.1, 0.15) is 5.69 Å². The van der Waals surface area contributed by atoms with Crippen molar-refractivity contribution in [2.24, 2.45) is 0 Å². The maximum absolute atomic E-state index is 12.1. The maximum atomic E-state index is 12.1. The van der Waals surface area contributed by atoms with Gasteiger partial charge in [-0.05, 0) is 43.3 Å². The Labute approximate surface area is 153 Å². The number of thioether (sulfide) groups is 1. The first-order chi connectivity index (χ1) is 12.1. The number of rotatable bonds is 5. The number of hydrogen-bond donors (Lipinski definition) is 3. The molecule has 0 aliphatic heterocycles. The van der Waals surface area contributed by atoms with Crippen LogP contribution in [0.2, 0.25) is 0 Å². The van der Waals surface area contributed by atoms with Crippen molar-refractivity contribution >= 4 is 34.9 Å². The molecule has 0 fully saturated rings. The van der Waals surface area contributed by atoms with Crippen LogP contribution in [0.1, 0.15) is 31.5 Å². The number of nitrogens with zero attached hydrogens (tertiary/aromatic N) is 1. The second-order valence-corrected chi connectivity index (χ2v) is 7.27. The molecule has 0 bridgehead atoms. The SMILES string of the molecule is Cc1nc(CSc2ccc(C(=O)NNC(=O)c3ccc[nH]3)cc2)cs1. The Morgan fingerprint density at radius 3 is 2.56 bits per heavy atom. The molecule has 25 heavy (non-hydrogen) atoms. The summed E-state index contributed by atoms with van der Waals surface area (Å²) in [7, 11) is 0. The van der Waals surface area contributed by atoms with Crippen molar-refractivity contribution in [1.29, 1.82) is 0 Å².